The number of nitrogens with two attached hydrogens (primary N) is 1. The molecule has 2 unspecified atom stereocenters. The van der Waals surface area contributed by atoms with Crippen molar-refractivity contribution in [3.63, 3.8) is 0 Å². The van der Waals surface area contributed by atoms with Gasteiger partial charge in [-0.05, 0) is 25.8 Å². The Morgan fingerprint density at radius 2 is 2.24 bits per heavy atom. The summed E-state index contributed by atoms with van der Waals surface area (Å²) in [7, 11) is 0. The fourth-order valence-corrected chi connectivity index (χ4v) is 3.14. The summed E-state index contributed by atoms with van der Waals surface area (Å²) in [5.41, 5.74) is 5.58. The van der Waals surface area contributed by atoms with Crippen LogP contribution in [0.15, 0.2) is 6.07 Å². The summed E-state index contributed by atoms with van der Waals surface area (Å²) < 4.78 is 0. The average molecular weight is 254 g/mol. The number of hydrogen-bond donors (Lipinski definition) is 2. The van der Waals surface area contributed by atoms with Gasteiger partial charge < -0.3 is 11.1 Å². The summed E-state index contributed by atoms with van der Waals surface area (Å²) in [6.45, 7) is 2.41. The van der Waals surface area contributed by atoms with E-state index in [-0.39, 0.29) is 5.95 Å². The molecule has 3 rings (SSSR count). The van der Waals surface area contributed by atoms with E-state index in [9.17, 15) is 0 Å². The summed E-state index contributed by atoms with van der Waals surface area (Å²) in [6, 6.07) is 2.84. The third kappa shape index (κ3) is 2.17. The van der Waals surface area contributed by atoms with E-state index in [4.69, 9.17) is 17.3 Å². The highest BCUT2D eigenvalue weighted by atomic mass is 35.5. The van der Waals surface area contributed by atoms with Crippen LogP contribution in [0.2, 0.25) is 5.15 Å². The molecular formula is C11H16ClN5. The van der Waals surface area contributed by atoms with Gasteiger partial charge in [0.15, 0.2) is 0 Å². The number of halogens is 1. The van der Waals surface area contributed by atoms with Gasteiger partial charge in [-0.1, -0.05) is 11.6 Å². The molecule has 3 N–H and O–H groups in total. The molecule has 0 aliphatic carbocycles. The van der Waals surface area contributed by atoms with E-state index in [2.05, 4.69) is 20.2 Å². The summed E-state index contributed by atoms with van der Waals surface area (Å²) in [4.78, 5) is 10.6. The first kappa shape index (κ1) is 11.0. The molecule has 3 heterocycles. The molecule has 2 aliphatic heterocycles. The van der Waals surface area contributed by atoms with Crippen molar-refractivity contribution in [3.05, 3.63) is 11.2 Å². The molecule has 92 valence electrons. The monoisotopic (exact) mass is 253 g/mol. The number of aromatic nitrogens is 2. The van der Waals surface area contributed by atoms with Gasteiger partial charge in [0, 0.05) is 24.7 Å². The van der Waals surface area contributed by atoms with Crippen molar-refractivity contribution < 1.29 is 0 Å². The lowest BCUT2D eigenvalue weighted by atomic mass is 10.1. The molecule has 6 heteroatoms. The van der Waals surface area contributed by atoms with Crippen molar-refractivity contribution >= 4 is 23.4 Å². The summed E-state index contributed by atoms with van der Waals surface area (Å²) in [5.74, 6) is 0.961. The predicted octanol–water partition coefficient (Wildman–Crippen LogP) is 1.36. The molecule has 5 nitrogen and oxygen atoms in total. The normalized spacial score (nSPS) is 28.3. The Labute approximate surface area is 105 Å². The first-order valence-corrected chi connectivity index (χ1v) is 6.41. The van der Waals surface area contributed by atoms with Crippen molar-refractivity contribution in [2.24, 2.45) is 0 Å². The Balaban J connectivity index is 1.74. The predicted molar refractivity (Wildman–Crippen MR) is 68.1 cm³/mol. The second-order valence-electron chi connectivity index (χ2n) is 4.72. The van der Waals surface area contributed by atoms with Gasteiger partial charge in [-0.15, -0.1) is 0 Å². The van der Waals surface area contributed by atoms with Gasteiger partial charge in [-0.25, -0.2) is 4.98 Å². The number of nitrogen functional groups attached to an aromatic ring is 1. The van der Waals surface area contributed by atoms with Gasteiger partial charge in [-0.3, -0.25) is 4.90 Å². The van der Waals surface area contributed by atoms with Crippen LogP contribution >= 0.6 is 11.6 Å². The second kappa shape index (κ2) is 4.31. The van der Waals surface area contributed by atoms with Gasteiger partial charge in [0.25, 0.3) is 0 Å². The highest BCUT2D eigenvalue weighted by molar-refractivity contribution is 6.29. The lowest BCUT2D eigenvalue weighted by Gasteiger charge is -2.21. The molecule has 2 fully saturated rings. The van der Waals surface area contributed by atoms with Gasteiger partial charge in [0.05, 0.1) is 0 Å². The standard InChI is InChI=1S/C11H16ClN5/c12-9-6-10(16-11(13)15-9)14-7-3-5-17-4-1-2-8(7)17/h6-8H,1-5H2,(H3,13,14,15,16). The minimum Gasteiger partial charge on any atom is -0.368 e. The van der Waals surface area contributed by atoms with Crippen LogP contribution in [-0.4, -0.2) is 40.0 Å². The zero-order valence-electron chi connectivity index (χ0n) is 9.56. The molecule has 0 bridgehead atoms. The number of nitrogens with zero attached hydrogens (tertiary/aromatic N) is 3. The lowest BCUT2D eigenvalue weighted by Crippen LogP contribution is -2.34. The van der Waals surface area contributed by atoms with Crippen LogP contribution in [0.1, 0.15) is 19.3 Å². The summed E-state index contributed by atoms with van der Waals surface area (Å²) >= 11 is 5.87. The number of rotatable bonds is 2. The molecule has 0 aromatic carbocycles. The van der Waals surface area contributed by atoms with Crippen LogP contribution in [0, 0.1) is 0 Å². The van der Waals surface area contributed by atoms with Crippen LogP contribution < -0.4 is 11.1 Å². The van der Waals surface area contributed by atoms with E-state index in [0.717, 1.165) is 12.2 Å². The van der Waals surface area contributed by atoms with E-state index in [1.807, 2.05) is 0 Å². The third-order valence-corrected chi connectivity index (χ3v) is 3.85. The SMILES string of the molecule is Nc1nc(Cl)cc(NC2CCN3CCCC23)n1. The van der Waals surface area contributed by atoms with E-state index in [0.29, 0.717) is 17.2 Å². The highest BCUT2D eigenvalue weighted by Crippen LogP contribution is 2.30. The van der Waals surface area contributed by atoms with Gasteiger partial charge in [0.2, 0.25) is 5.95 Å². The first-order chi connectivity index (χ1) is 8.22. The number of fused-ring (bicyclic) bond motifs is 1. The molecule has 0 amide bonds. The Morgan fingerprint density at radius 1 is 1.35 bits per heavy atom. The molecular weight excluding hydrogens is 238 g/mol. The molecule has 0 radical (unpaired) electrons. The topological polar surface area (TPSA) is 67.1 Å². The third-order valence-electron chi connectivity index (χ3n) is 3.65. The van der Waals surface area contributed by atoms with Crippen molar-refractivity contribution in [1.29, 1.82) is 0 Å². The van der Waals surface area contributed by atoms with E-state index in [1.165, 1.54) is 25.9 Å². The van der Waals surface area contributed by atoms with Crippen molar-refractivity contribution in [2.45, 2.75) is 31.3 Å². The zero-order valence-corrected chi connectivity index (χ0v) is 10.3. The maximum absolute atomic E-state index is 5.87. The minimum absolute atomic E-state index is 0.223. The summed E-state index contributed by atoms with van der Waals surface area (Å²) in [5, 5.41) is 3.83. The molecule has 2 atom stereocenters. The van der Waals surface area contributed by atoms with Crippen LogP contribution in [0.25, 0.3) is 0 Å². The number of hydrogen-bond acceptors (Lipinski definition) is 5. The largest absolute Gasteiger partial charge is 0.368 e. The Hall–Kier alpha value is -1.07. The lowest BCUT2D eigenvalue weighted by molar-refractivity contribution is 0.318. The van der Waals surface area contributed by atoms with Crippen LogP contribution in [0.5, 0.6) is 0 Å². The summed E-state index contributed by atoms with van der Waals surface area (Å²) in [6.07, 6.45) is 3.73. The Kier molecular flexibility index (Phi) is 2.80. The van der Waals surface area contributed by atoms with Crippen LogP contribution in [-0.2, 0) is 0 Å². The maximum atomic E-state index is 5.87. The molecule has 17 heavy (non-hydrogen) atoms. The van der Waals surface area contributed by atoms with Crippen molar-refractivity contribution in [1.82, 2.24) is 14.9 Å². The van der Waals surface area contributed by atoms with E-state index in [1.54, 1.807) is 6.07 Å². The van der Waals surface area contributed by atoms with E-state index >= 15 is 0 Å². The van der Waals surface area contributed by atoms with Crippen LogP contribution in [0.3, 0.4) is 0 Å². The van der Waals surface area contributed by atoms with Gasteiger partial charge >= 0.3 is 0 Å². The fraction of sp³-hybridized carbons (Fsp3) is 0.636. The average Bonchev–Trinajstić information content (AvgIpc) is 2.81. The Morgan fingerprint density at radius 3 is 3.06 bits per heavy atom. The molecule has 2 aliphatic rings. The first-order valence-electron chi connectivity index (χ1n) is 6.03. The number of nitrogens with one attached hydrogen (secondary N) is 1. The van der Waals surface area contributed by atoms with Crippen molar-refractivity contribution in [2.75, 3.05) is 24.1 Å². The number of anilines is 2. The minimum atomic E-state index is 0.223. The Bertz CT molecular complexity index is 404. The van der Waals surface area contributed by atoms with Gasteiger partial charge in [0.1, 0.15) is 11.0 Å². The smallest absolute Gasteiger partial charge is 0.223 e. The molecule has 0 spiro atoms. The maximum Gasteiger partial charge on any atom is 0.223 e. The molecule has 0 saturated carbocycles. The van der Waals surface area contributed by atoms with E-state index < -0.39 is 0 Å². The quantitative estimate of drug-likeness (QED) is 0.779. The van der Waals surface area contributed by atoms with Crippen molar-refractivity contribution in [3.8, 4) is 0 Å². The highest BCUT2D eigenvalue weighted by Gasteiger charge is 2.37. The fourth-order valence-electron chi connectivity index (χ4n) is 2.95. The zero-order chi connectivity index (χ0) is 11.8. The molecule has 2 saturated heterocycles. The second-order valence-corrected chi connectivity index (χ2v) is 5.11. The molecule has 1 aromatic heterocycles. The van der Waals surface area contributed by atoms with Gasteiger partial charge in [-0.2, -0.15) is 4.98 Å². The van der Waals surface area contributed by atoms with Crippen LogP contribution in [0.4, 0.5) is 11.8 Å². The molecule has 1 aromatic rings.